The lowest BCUT2D eigenvalue weighted by Gasteiger charge is -2.22. The van der Waals surface area contributed by atoms with Crippen LogP contribution in [0.1, 0.15) is 19.3 Å². The van der Waals surface area contributed by atoms with Crippen LogP contribution in [-0.2, 0) is 4.18 Å². The Morgan fingerprint density at radius 2 is 2.54 bits per heavy atom. The molecule has 1 fully saturated rings. The summed E-state index contributed by atoms with van der Waals surface area (Å²) < 4.78 is 5.32. The molecule has 1 saturated heterocycles. The second kappa shape index (κ2) is 6.25. The largest absolute Gasteiger partial charge is 0.314 e. The molecule has 0 aromatic carbocycles. The van der Waals surface area contributed by atoms with E-state index in [1.807, 2.05) is 6.26 Å². The van der Waals surface area contributed by atoms with Gasteiger partial charge in [-0.2, -0.15) is 5.26 Å². The fourth-order valence-electron chi connectivity index (χ4n) is 1.72. The highest BCUT2D eigenvalue weighted by molar-refractivity contribution is 7.93. The summed E-state index contributed by atoms with van der Waals surface area (Å²) in [6.45, 7) is 2.83. The third-order valence-corrected chi connectivity index (χ3v) is 2.76. The van der Waals surface area contributed by atoms with E-state index in [1.165, 1.54) is 24.9 Å². The van der Waals surface area contributed by atoms with Gasteiger partial charge in [0.25, 0.3) is 0 Å². The van der Waals surface area contributed by atoms with Crippen molar-refractivity contribution in [1.29, 1.82) is 5.26 Å². The Morgan fingerprint density at radius 3 is 3.23 bits per heavy atom. The maximum atomic E-state index is 8.48. The lowest BCUT2D eigenvalue weighted by molar-refractivity contribution is 0.192. The van der Waals surface area contributed by atoms with Gasteiger partial charge in [0.15, 0.2) is 0 Å². The monoisotopic (exact) mass is 200 g/mol. The van der Waals surface area contributed by atoms with Crippen molar-refractivity contribution in [2.75, 3.05) is 26.0 Å². The van der Waals surface area contributed by atoms with E-state index in [4.69, 9.17) is 9.44 Å². The second-order valence-electron chi connectivity index (χ2n) is 3.19. The maximum absolute atomic E-state index is 8.48. The molecule has 0 N–H and O–H groups in total. The predicted molar refractivity (Wildman–Crippen MR) is 54.3 cm³/mol. The van der Waals surface area contributed by atoms with Crippen LogP contribution in [0.25, 0.3) is 0 Å². The topological polar surface area (TPSA) is 36.3 Å². The highest BCUT2D eigenvalue weighted by Gasteiger charge is 2.23. The van der Waals surface area contributed by atoms with Gasteiger partial charge < -0.3 is 4.18 Å². The molecule has 0 radical (unpaired) electrons. The molecule has 3 nitrogen and oxygen atoms in total. The molecule has 1 aliphatic heterocycles. The maximum Gasteiger partial charge on any atom is 0.0769 e. The lowest BCUT2D eigenvalue weighted by Crippen LogP contribution is -2.33. The first-order chi connectivity index (χ1) is 6.38. The van der Waals surface area contributed by atoms with Crippen LogP contribution in [0.15, 0.2) is 0 Å². The number of hydrogen-bond donors (Lipinski definition) is 0. The molecule has 4 heteroatoms. The number of nitrogens with zero attached hydrogens (tertiary/aromatic N) is 2. The van der Waals surface area contributed by atoms with Crippen molar-refractivity contribution in [2.24, 2.45) is 0 Å². The van der Waals surface area contributed by atoms with Gasteiger partial charge in [-0.15, -0.1) is 0 Å². The summed E-state index contributed by atoms with van der Waals surface area (Å²) in [6.07, 6.45) is 5.03. The van der Waals surface area contributed by atoms with Gasteiger partial charge in [0.2, 0.25) is 0 Å². The average molecular weight is 200 g/mol. The molecule has 1 heterocycles. The van der Waals surface area contributed by atoms with E-state index in [0.29, 0.717) is 12.5 Å². The SMILES string of the molecule is CSOCC1CCCN1CCC#N. The van der Waals surface area contributed by atoms with Gasteiger partial charge in [-0.05, 0) is 31.4 Å². The zero-order chi connectivity index (χ0) is 9.52. The van der Waals surface area contributed by atoms with Gasteiger partial charge in [-0.3, -0.25) is 4.90 Å². The van der Waals surface area contributed by atoms with Crippen molar-refractivity contribution < 1.29 is 4.18 Å². The highest BCUT2D eigenvalue weighted by atomic mass is 32.2. The molecular weight excluding hydrogens is 184 g/mol. The molecule has 0 saturated carbocycles. The molecular formula is C9H16N2OS. The van der Waals surface area contributed by atoms with Crippen LogP contribution in [0.4, 0.5) is 0 Å². The lowest BCUT2D eigenvalue weighted by atomic mass is 10.2. The molecule has 0 bridgehead atoms. The first-order valence-electron chi connectivity index (χ1n) is 4.65. The van der Waals surface area contributed by atoms with E-state index >= 15 is 0 Å². The van der Waals surface area contributed by atoms with E-state index in [1.54, 1.807) is 0 Å². The minimum atomic E-state index is 0.542. The van der Waals surface area contributed by atoms with Gasteiger partial charge in [-0.1, -0.05) is 0 Å². The predicted octanol–water partition coefficient (Wildman–Crippen LogP) is 1.66. The van der Waals surface area contributed by atoms with Gasteiger partial charge in [0, 0.05) is 25.3 Å². The van der Waals surface area contributed by atoms with Crippen molar-refractivity contribution in [3.8, 4) is 6.07 Å². The van der Waals surface area contributed by atoms with Gasteiger partial charge in [-0.25, -0.2) is 0 Å². The first kappa shape index (κ1) is 10.8. The smallest absolute Gasteiger partial charge is 0.0769 e. The first-order valence-corrected chi connectivity index (χ1v) is 5.80. The second-order valence-corrected chi connectivity index (χ2v) is 3.76. The van der Waals surface area contributed by atoms with E-state index in [0.717, 1.165) is 19.7 Å². The van der Waals surface area contributed by atoms with Crippen molar-refractivity contribution in [3.05, 3.63) is 0 Å². The summed E-state index contributed by atoms with van der Waals surface area (Å²) in [5.41, 5.74) is 0. The fraction of sp³-hybridized carbons (Fsp3) is 0.889. The Kier molecular flexibility index (Phi) is 5.21. The summed E-state index contributed by atoms with van der Waals surface area (Å²) in [4.78, 5) is 2.36. The van der Waals surface area contributed by atoms with Crippen LogP contribution in [-0.4, -0.2) is 36.9 Å². The van der Waals surface area contributed by atoms with Gasteiger partial charge in [0.05, 0.1) is 12.7 Å². The molecule has 0 aromatic heterocycles. The summed E-state index contributed by atoms with van der Waals surface area (Å²) in [7, 11) is 0. The quantitative estimate of drug-likeness (QED) is 0.632. The summed E-state index contributed by atoms with van der Waals surface area (Å²) in [5, 5.41) is 8.48. The Bertz CT molecular complexity index is 181. The van der Waals surface area contributed by atoms with Crippen molar-refractivity contribution in [2.45, 2.75) is 25.3 Å². The minimum absolute atomic E-state index is 0.542. The van der Waals surface area contributed by atoms with Crippen LogP contribution in [0, 0.1) is 11.3 Å². The number of likely N-dealkylation sites (tertiary alicyclic amines) is 1. The van der Waals surface area contributed by atoms with Crippen molar-refractivity contribution >= 4 is 12.0 Å². The molecule has 0 spiro atoms. The molecule has 74 valence electrons. The van der Waals surface area contributed by atoms with E-state index < -0.39 is 0 Å². The molecule has 13 heavy (non-hydrogen) atoms. The molecule has 0 amide bonds. The Balaban J connectivity index is 2.23. The Labute approximate surface area is 84.3 Å². The summed E-state index contributed by atoms with van der Waals surface area (Å²) >= 11 is 1.42. The normalized spacial score (nSPS) is 23.2. The number of hydrogen-bond acceptors (Lipinski definition) is 4. The molecule has 1 atom stereocenters. The Morgan fingerprint density at radius 1 is 1.69 bits per heavy atom. The van der Waals surface area contributed by atoms with Crippen LogP contribution >= 0.6 is 12.0 Å². The van der Waals surface area contributed by atoms with E-state index in [2.05, 4.69) is 11.0 Å². The minimum Gasteiger partial charge on any atom is -0.314 e. The van der Waals surface area contributed by atoms with Gasteiger partial charge in [0.1, 0.15) is 0 Å². The molecule has 1 aliphatic rings. The third kappa shape index (κ3) is 3.55. The number of nitriles is 1. The van der Waals surface area contributed by atoms with Crippen molar-refractivity contribution in [3.63, 3.8) is 0 Å². The standard InChI is InChI=1S/C9H16N2OS/c1-13-12-8-9-4-2-6-11(9)7-3-5-10/h9H,2-4,6-8H2,1H3. The zero-order valence-electron chi connectivity index (χ0n) is 8.03. The average Bonchev–Trinajstić information content (AvgIpc) is 2.59. The third-order valence-electron chi connectivity index (χ3n) is 2.39. The molecule has 1 unspecified atom stereocenters. The van der Waals surface area contributed by atoms with Crippen LogP contribution in [0.2, 0.25) is 0 Å². The van der Waals surface area contributed by atoms with Crippen LogP contribution < -0.4 is 0 Å². The zero-order valence-corrected chi connectivity index (χ0v) is 8.85. The van der Waals surface area contributed by atoms with Gasteiger partial charge >= 0.3 is 0 Å². The highest BCUT2D eigenvalue weighted by Crippen LogP contribution is 2.18. The van der Waals surface area contributed by atoms with Crippen LogP contribution in [0.3, 0.4) is 0 Å². The fourth-order valence-corrected chi connectivity index (χ4v) is 2.01. The molecule has 0 aliphatic carbocycles. The van der Waals surface area contributed by atoms with Crippen LogP contribution in [0.5, 0.6) is 0 Å². The molecule has 1 rings (SSSR count). The van der Waals surface area contributed by atoms with E-state index in [9.17, 15) is 0 Å². The van der Waals surface area contributed by atoms with Crippen molar-refractivity contribution in [1.82, 2.24) is 4.90 Å². The summed E-state index contributed by atoms with van der Waals surface area (Å²) in [6, 6.07) is 2.73. The number of rotatable bonds is 5. The Hall–Kier alpha value is -0.240. The summed E-state index contributed by atoms with van der Waals surface area (Å²) in [5.74, 6) is 0. The molecule has 0 aromatic rings. The van der Waals surface area contributed by atoms with E-state index in [-0.39, 0.29) is 0 Å².